The van der Waals surface area contributed by atoms with Crippen molar-refractivity contribution < 1.29 is 18.3 Å². The SMILES string of the molecule is CC(C)CC#Cc1ccc2c(c1)O[C@@H](CN(C)Cc1ccncc1)[C@@H](C)CN([C@@H](C)CO)S2(=O)=O. The molecule has 0 unspecified atom stereocenters. The molecule has 7 nitrogen and oxygen atoms in total. The summed E-state index contributed by atoms with van der Waals surface area (Å²) in [4.78, 5) is 6.35. The van der Waals surface area contributed by atoms with Crippen molar-refractivity contribution in [3.63, 3.8) is 0 Å². The van der Waals surface area contributed by atoms with E-state index in [2.05, 4.69) is 35.6 Å². The third-order valence-electron chi connectivity index (χ3n) is 6.10. The average molecular weight is 500 g/mol. The summed E-state index contributed by atoms with van der Waals surface area (Å²) in [6.07, 6.45) is 4.05. The topological polar surface area (TPSA) is 83.0 Å². The van der Waals surface area contributed by atoms with Gasteiger partial charge >= 0.3 is 0 Å². The molecule has 0 radical (unpaired) electrons. The van der Waals surface area contributed by atoms with Gasteiger partial charge in [-0.2, -0.15) is 4.31 Å². The minimum absolute atomic E-state index is 0.109. The van der Waals surface area contributed by atoms with Crippen molar-refractivity contribution in [2.75, 3.05) is 26.7 Å². The van der Waals surface area contributed by atoms with Crippen molar-refractivity contribution >= 4 is 10.0 Å². The van der Waals surface area contributed by atoms with Crippen LogP contribution in [-0.4, -0.2) is 66.6 Å². The highest BCUT2D eigenvalue weighted by Gasteiger charge is 2.38. The average Bonchev–Trinajstić information content (AvgIpc) is 2.81. The van der Waals surface area contributed by atoms with Gasteiger partial charge in [-0.1, -0.05) is 32.6 Å². The summed E-state index contributed by atoms with van der Waals surface area (Å²) in [7, 11) is -1.84. The molecule has 0 amide bonds. The number of aromatic nitrogens is 1. The monoisotopic (exact) mass is 499 g/mol. The van der Waals surface area contributed by atoms with Gasteiger partial charge in [0.2, 0.25) is 10.0 Å². The van der Waals surface area contributed by atoms with E-state index < -0.39 is 16.1 Å². The Bertz CT molecular complexity index is 1140. The van der Waals surface area contributed by atoms with Crippen LogP contribution in [0.5, 0.6) is 5.75 Å². The maximum Gasteiger partial charge on any atom is 0.247 e. The molecule has 8 heteroatoms. The van der Waals surface area contributed by atoms with Crippen LogP contribution in [0.1, 0.15) is 45.2 Å². The number of likely N-dealkylation sites (N-methyl/N-ethyl adjacent to an activating group) is 1. The van der Waals surface area contributed by atoms with Crippen LogP contribution in [0.2, 0.25) is 0 Å². The minimum Gasteiger partial charge on any atom is -0.487 e. The standard InChI is InChI=1S/C27H37N3O4S/c1-20(2)7-6-8-23-9-10-27-25(15-23)34-26(18-29(5)17-24-11-13-28-14-12-24)21(3)16-30(22(4)19-31)35(27,32)33/h9-15,20-22,26,31H,7,16-19H2,1-5H3/t21-,22-,26-/m0/s1. The summed E-state index contributed by atoms with van der Waals surface area (Å²) in [5.74, 6) is 6.96. The summed E-state index contributed by atoms with van der Waals surface area (Å²) in [5.41, 5.74) is 1.86. The highest BCUT2D eigenvalue weighted by molar-refractivity contribution is 7.89. The molecule has 0 aliphatic carbocycles. The van der Waals surface area contributed by atoms with Gasteiger partial charge in [-0.05, 0) is 55.8 Å². The second-order valence-electron chi connectivity index (χ2n) is 9.85. The Morgan fingerprint density at radius 3 is 2.60 bits per heavy atom. The first-order chi connectivity index (χ1) is 16.6. The number of pyridine rings is 1. The number of nitrogens with zero attached hydrogens (tertiary/aromatic N) is 3. The predicted octanol–water partition coefficient (Wildman–Crippen LogP) is 3.38. The fourth-order valence-electron chi connectivity index (χ4n) is 4.05. The van der Waals surface area contributed by atoms with Gasteiger partial charge in [0, 0.05) is 56.0 Å². The normalized spacial score (nSPS) is 20.8. The molecule has 2 aromatic rings. The Morgan fingerprint density at radius 1 is 1.23 bits per heavy atom. The lowest BCUT2D eigenvalue weighted by atomic mass is 10.0. The smallest absolute Gasteiger partial charge is 0.247 e. The van der Waals surface area contributed by atoms with E-state index in [1.165, 1.54) is 4.31 Å². The Balaban J connectivity index is 1.97. The number of benzene rings is 1. The van der Waals surface area contributed by atoms with Crippen LogP contribution in [0.15, 0.2) is 47.6 Å². The van der Waals surface area contributed by atoms with E-state index in [9.17, 15) is 13.5 Å². The van der Waals surface area contributed by atoms with E-state index in [4.69, 9.17) is 4.74 Å². The van der Waals surface area contributed by atoms with Gasteiger partial charge in [0.15, 0.2) is 0 Å². The summed E-state index contributed by atoms with van der Waals surface area (Å²) in [6, 6.07) is 8.45. The van der Waals surface area contributed by atoms with Crippen molar-refractivity contribution in [1.82, 2.24) is 14.2 Å². The third-order valence-corrected chi connectivity index (χ3v) is 8.12. The van der Waals surface area contributed by atoms with Gasteiger partial charge < -0.3 is 9.84 Å². The molecule has 0 fully saturated rings. The van der Waals surface area contributed by atoms with Crippen LogP contribution in [0.3, 0.4) is 0 Å². The number of rotatable bonds is 7. The molecule has 3 rings (SSSR count). The number of aliphatic hydroxyl groups excluding tert-OH is 1. The molecule has 35 heavy (non-hydrogen) atoms. The summed E-state index contributed by atoms with van der Waals surface area (Å²) in [6.45, 7) is 9.26. The van der Waals surface area contributed by atoms with Crippen molar-refractivity contribution in [1.29, 1.82) is 0 Å². The predicted molar refractivity (Wildman–Crippen MR) is 137 cm³/mol. The van der Waals surface area contributed by atoms with E-state index in [1.54, 1.807) is 37.5 Å². The molecule has 1 aliphatic heterocycles. The number of sulfonamides is 1. The molecule has 1 aromatic carbocycles. The number of fused-ring (bicyclic) bond motifs is 1. The Morgan fingerprint density at radius 2 is 1.94 bits per heavy atom. The molecule has 190 valence electrons. The maximum absolute atomic E-state index is 13.6. The summed E-state index contributed by atoms with van der Waals surface area (Å²) in [5, 5.41) is 9.81. The zero-order valence-corrected chi connectivity index (χ0v) is 22.1. The molecule has 0 saturated heterocycles. The summed E-state index contributed by atoms with van der Waals surface area (Å²) >= 11 is 0. The van der Waals surface area contributed by atoms with Crippen LogP contribution >= 0.6 is 0 Å². The first-order valence-corrected chi connectivity index (χ1v) is 13.6. The van der Waals surface area contributed by atoms with Gasteiger partial charge in [0.1, 0.15) is 16.7 Å². The van der Waals surface area contributed by atoms with Crippen molar-refractivity contribution in [3.8, 4) is 17.6 Å². The van der Waals surface area contributed by atoms with Gasteiger partial charge in [0.05, 0.1) is 6.61 Å². The van der Waals surface area contributed by atoms with E-state index in [-0.39, 0.29) is 30.1 Å². The van der Waals surface area contributed by atoms with Crippen molar-refractivity contribution in [3.05, 3.63) is 53.9 Å². The third kappa shape index (κ3) is 7.05. The second-order valence-corrected chi connectivity index (χ2v) is 11.7. The molecule has 0 bridgehead atoms. The van der Waals surface area contributed by atoms with Crippen molar-refractivity contribution in [2.24, 2.45) is 11.8 Å². The number of aliphatic hydroxyl groups is 1. The molecule has 2 heterocycles. The number of hydrogen-bond acceptors (Lipinski definition) is 6. The van der Waals surface area contributed by atoms with Crippen molar-refractivity contribution in [2.45, 2.75) is 57.7 Å². The Kier molecular flexibility index (Phi) is 9.31. The fraction of sp³-hybridized carbons (Fsp3) is 0.519. The quantitative estimate of drug-likeness (QED) is 0.588. The molecule has 0 saturated carbocycles. The van der Waals surface area contributed by atoms with Gasteiger partial charge in [0.25, 0.3) is 0 Å². The van der Waals surface area contributed by atoms with Gasteiger partial charge in [-0.25, -0.2) is 8.42 Å². The van der Waals surface area contributed by atoms with Crippen LogP contribution in [0.25, 0.3) is 0 Å². The molecule has 3 atom stereocenters. The van der Waals surface area contributed by atoms with Crippen LogP contribution < -0.4 is 4.74 Å². The van der Waals surface area contributed by atoms with E-state index >= 15 is 0 Å². The molecule has 1 aliphatic rings. The molecular formula is C27H37N3O4S. The number of ether oxygens (including phenoxy) is 1. The van der Waals surface area contributed by atoms with E-state index in [1.807, 2.05) is 26.1 Å². The lowest BCUT2D eigenvalue weighted by Crippen LogP contribution is -2.49. The number of hydrogen-bond donors (Lipinski definition) is 1. The van der Waals surface area contributed by atoms with Crippen LogP contribution in [0.4, 0.5) is 0 Å². The Labute approximate surface area is 210 Å². The van der Waals surface area contributed by atoms with Crippen LogP contribution in [0, 0.1) is 23.7 Å². The Hall–Kier alpha value is -2.44. The van der Waals surface area contributed by atoms with E-state index in [0.717, 1.165) is 24.1 Å². The molecule has 0 spiro atoms. The lowest BCUT2D eigenvalue weighted by molar-refractivity contribution is 0.0733. The van der Waals surface area contributed by atoms with Gasteiger partial charge in [-0.15, -0.1) is 0 Å². The second kappa shape index (κ2) is 12.0. The molecule has 1 N–H and O–H groups in total. The fourth-order valence-corrected chi connectivity index (χ4v) is 5.88. The van der Waals surface area contributed by atoms with E-state index in [0.29, 0.717) is 18.2 Å². The first kappa shape index (κ1) is 27.2. The largest absolute Gasteiger partial charge is 0.487 e. The summed E-state index contributed by atoms with van der Waals surface area (Å²) < 4.78 is 35.0. The highest BCUT2D eigenvalue weighted by atomic mass is 32.2. The molecule has 1 aromatic heterocycles. The molecular weight excluding hydrogens is 462 g/mol. The first-order valence-electron chi connectivity index (χ1n) is 12.1. The van der Waals surface area contributed by atoms with Gasteiger partial charge in [-0.3, -0.25) is 9.88 Å². The zero-order chi connectivity index (χ0) is 25.6. The maximum atomic E-state index is 13.6. The zero-order valence-electron chi connectivity index (χ0n) is 21.3. The highest BCUT2D eigenvalue weighted by Crippen LogP contribution is 2.34. The van der Waals surface area contributed by atoms with Crippen LogP contribution in [-0.2, 0) is 16.6 Å². The minimum atomic E-state index is -3.86. The lowest BCUT2D eigenvalue weighted by Gasteiger charge is -2.37.